The van der Waals surface area contributed by atoms with E-state index in [9.17, 15) is 9.59 Å². The van der Waals surface area contributed by atoms with Crippen LogP contribution in [0.1, 0.15) is 5.56 Å². The first-order valence-electron chi connectivity index (χ1n) is 7.46. The lowest BCUT2D eigenvalue weighted by Gasteiger charge is -2.15. The van der Waals surface area contributed by atoms with Crippen molar-refractivity contribution < 1.29 is 9.59 Å². The molecule has 2 amide bonds. The maximum absolute atomic E-state index is 12.6. The first-order valence-corrected chi connectivity index (χ1v) is 8.63. The fraction of sp³-hybridized carbons (Fsp3) is 0.111. The van der Waals surface area contributed by atoms with Gasteiger partial charge in [-0.25, -0.2) is 5.01 Å². The van der Waals surface area contributed by atoms with Gasteiger partial charge in [-0.2, -0.15) is 0 Å². The Kier molecular flexibility index (Phi) is 4.83. The van der Waals surface area contributed by atoms with Crippen LogP contribution in [0.5, 0.6) is 0 Å². The minimum Gasteiger partial charge on any atom is -0.377 e. The van der Waals surface area contributed by atoms with E-state index in [0.29, 0.717) is 10.7 Å². The van der Waals surface area contributed by atoms with Gasteiger partial charge in [0.25, 0.3) is 11.8 Å². The molecule has 0 spiro atoms. The van der Waals surface area contributed by atoms with Crippen LogP contribution in [-0.2, 0) is 9.59 Å². The first kappa shape index (κ1) is 17.5. The summed E-state index contributed by atoms with van der Waals surface area (Å²) < 4.78 is 0.879. The lowest BCUT2D eigenvalue weighted by molar-refractivity contribution is -0.117. The molecule has 1 fully saturated rings. The van der Waals surface area contributed by atoms with Crippen LogP contribution >= 0.6 is 27.5 Å². The Labute approximate surface area is 159 Å². The fourth-order valence-electron chi connectivity index (χ4n) is 2.50. The molecule has 25 heavy (non-hydrogen) atoms. The molecule has 0 aromatic heterocycles. The summed E-state index contributed by atoms with van der Waals surface area (Å²) in [5.74, 6) is -0.863. The van der Waals surface area contributed by atoms with Gasteiger partial charge in [0.15, 0.2) is 0 Å². The molecule has 0 unspecified atom stereocenters. The maximum Gasteiger partial charge on any atom is 0.282 e. The van der Waals surface area contributed by atoms with Crippen molar-refractivity contribution in [1.82, 2.24) is 5.43 Å². The number of benzene rings is 2. The lowest BCUT2D eigenvalue weighted by Crippen LogP contribution is -2.35. The van der Waals surface area contributed by atoms with Crippen molar-refractivity contribution in [2.45, 2.75) is 0 Å². The molecule has 0 bridgehead atoms. The predicted molar refractivity (Wildman–Crippen MR) is 104 cm³/mol. The van der Waals surface area contributed by atoms with E-state index in [1.807, 2.05) is 37.2 Å². The Balaban J connectivity index is 1.92. The number of hydrogen-bond acceptors (Lipinski definition) is 3. The molecule has 0 aliphatic carbocycles. The molecule has 0 saturated carbocycles. The number of nitrogens with zero attached hydrogens (tertiary/aromatic N) is 2. The Hall–Kier alpha value is -2.31. The Morgan fingerprint density at radius 1 is 1.16 bits per heavy atom. The third-order valence-corrected chi connectivity index (χ3v) is 4.59. The molecular formula is C18H15BrClN3O2. The van der Waals surface area contributed by atoms with E-state index in [-0.39, 0.29) is 5.57 Å². The van der Waals surface area contributed by atoms with Gasteiger partial charge in [-0.1, -0.05) is 23.7 Å². The predicted octanol–water partition coefficient (Wildman–Crippen LogP) is 3.63. The third-order valence-electron chi connectivity index (χ3n) is 3.72. The standard InChI is InChI=1S/C18H15BrClN3O2/c1-22(2)16-7-6-11(9-15(16)19)8-14-17(24)21-23(18(14)25)13-5-3-4-12(20)10-13/h3-10H,1-2H3,(H,21,24)/b14-8+. The smallest absolute Gasteiger partial charge is 0.282 e. The summed E-state index contributed by atoms with van der Waals surface area (Å²) in [5.41, 5.74) is 4.90. The van der Waals surface area contributed by atoms with Crippen LogP contribution in [0.25, 0.3) is 6.08 Å². The fourth-order valence-corrected chi connectivity index (χ4v) is 3.43. The number of hydrogen-bond donors (Lipinski definition) is 1. The Morgan fingerprint density at radius 3 is 2.56 bits per heavy atom. The molecule has 1 aliphatic heterocycles. The summed E-state index contributed by atoms with van der Waals surface area (Å²) in [7, 11) is 3.88. The zero-order valence-corrected chi connectivity index (χ0v) is 15.9. The molecule has 7 heteroatoms. The molecule has 2 aromatic carbocycles. The van der Waals surface area contributed by atoms with E-state index >= 15 is 0 Å². The van der Waals surface area contributed by atoms with Crippen LogP contribution in [0.4, 0.5) is 11.4 Å². The second kappa shape index (κ2) is 6.90. The monoisotopic (exact) mass is 419 g/mol. The molecule has 2 aromatic rings. The Bertz CT molecular complexity index is 896. The van der Waals surface area contributed by atoms with E-state index in [1.165, 1.54) is 5.01 Å². The van der Waals surface area contributed by atoms with Crippen molar-refractivity contribution in [1.29, 1.82) is 0 Å². The van der Waals surface area contributed by atoms with Crippen molar-refractivity contribution >= 4 is 56.8 Å². The summed E-state index contributed by atoms with van der Waals surface area (Å²) >= 11 is 9.46. The van der Waals surface area contributed by atoms with E-state index in [1.54, 1.807) is 30.3 Å². The molecule has 1 saturated heterocycles. The molecule has 128 valence electrons. The zero-order chi connectivity index (χ0) is 18.1. The van der Waals surface area contributed by atoms with Gasteiger partial charge in [-0.05, 0) is 57.9 Å². The molecule has 5 nitrogen and oxygen atoms in total. The summed E-state index contributed by atoms with van der Waals surface area (Å²) in [6.07, 6.45) is 1.58. The van der Waals surface area contributed by atoms with Gasteiger partial charge in [0.05, 0.1) is 11.4 Å². The highest BCUT2D eigenvalue weighted by Crippen LogP contribution is 2.28. The van der Waals surface area contributed by atoms with Gasteiger partial charge in [0.1, 0.15) is 5.57 Å². The van der Waals surface area contributed by atoms with Gasteiger partial charge in [-0.15, -0.1) is 0 Å². The van der Waals surface area contributed by atoms with E-state index < -0.39 is 11.8 Å². The molecule has 1 heterocycles. The molecule has 0 radical (unpaired) electrons. The molecule has 3 rings (SSSR count). The second-order valence-corrected chi connectivity index (χ2v) is 7.02. The summed E-state index contributed by atoms with van der Waals surface area (Å²) in [6.45, 7) is 0. The number of carbonyl (C=O) groups excluding carboxylic acids is 2. The summed E-state index contributed by atoms with van der Waals surface area (Å²) in [4.78, 5) is 26.8. The quantitative estimate of drug-likeness (QED) is 0.609. The average Bonchev–Trinajstić information content (AvgIpc) is 2.83. The van der Waals surface area contributed by atoms with Crippen LogP contribution < -0.4 is 15.3 Å². The topological polar surface area (TPSA) is 52.7 Å². The Morgan fingerprint density at radius 2 is 1.92 bits per heavy atom. The average molecular weight is 421 g/mol. The number of halogens is 2. The maximum atomic E-state index is 12.6. The van der Waals surface area contributed by atoms with Crippen LogP contribution in [0.2, 0.25) is 5.02 Å². The molecule has 1 N–H and O–H groups in total. The second-order valence-electron chi connectivity index (χ2n) is 5.72. The lowest BCUT2D eigenvalue weighted by atomic mass is 10.1. The molecule has 1 aliphatic rings. The normalized spacial score (nSPS) is 15.7. The van der Waals surface area contributed by atoms with Crippen molar-refractivity contribution in [2.24, 2.45) is 0 Å². The minimum absolute atomic E-state index is 0.0736. The van der Waals surface area contributed by atoms with Crippen LogP contribution in [0, 0.1) is 0 Å². The minimum atomic E-state index is -0.446. The van der Waals surface area contributed by atoms with Crippen LogP contribution in [0.15, 0.2) is 52.5 Å². The van der Waals surface area contributed by atoms with Crippen LogP contribution in [-0.4, -0.2) is 25.9 Å². The number of rotatable bonds is 3. The summed E-state index contributed by atoms with van der Waals surface area (Å²) in [6, 6.07) is 12.4. The molecular weight excluding hydrogens is 406 g/mol. The number of carbonyl (C=O) groups is 2. The largest absolute Gasteiger partial charge is 0.377 e. The van der Waals surface area contributed by atoms with Crippen LogP contribution in [0.3, 0.4) is 0 Å². The van der Waals surface area contributed by atoms with Crippen molar-refractivity contribution in [3.05, 3.63) is 63.1 Å². The van der Waals surface area contributed by atoms with Gasteiger partial charge < -0.3 is 4.90 Å². The first-order chi connectivity index (χ1) is 11.9. The van der Waals surface area contributed by atoms with E-state index in [0.717, 1.165) is 15.7 Å². The number of amides is 2. The number of nitrogens with one attached hydrogen (secondary N) is 1. The molecule has 0 atom stereocenters. The highest BCUT2D eigenvalue weighted by molar-refractivity contribution is 9.10. The van der Waals surface area contributed by atoms with Gasteiger partial charge >= 0.3 is 0 Å². The SMILES string of the molecule is CN(C)c1ccc(/C=C2\C(=O)NN(c3cccc(Cl)c3)C2=O)cc1Br. The van der Waals surface area contributed by atoms with Gasteiger partial charge in [0.2, 0.25) is 0 Å². The van der Waals surface area contributed by atoms with Gasteiger partial charge in [0, 0.05) is 23.6 Å². The van der Waals surface area contributed by atoms with Gasteiger partial charge in [-0.3, -0.25) is 15.0 Å². The van der Waals surface area contributed by atoms with Crippen molar-refractivity contribution in [3.63, 3.8) is 0 Å². The number of anilines is 2. The highest BCUT2D eigenvalue weighted by atomic mass is 79.9. The van der Waals surface area contributed by atoms with Crippen molar-refractivity contribution in [3.8, 4) is 0 Å². The zero-order valence-electron chi connectivity index (χ0n) is 13.6. The third kappa shape index (κ3) is 3.55. The summed E-state index contributed by atoms with van der Waals surface area (Å²) in [5, 5.41) is 1.68. The number of hydrazine groups is 1. The van der Waals surface area contributed by atoms with Crippen molar-refractivity contribution in [2.75, 3.05) is 24.0 Å². The van der Waals surface area contributed by atoms with E-state index in [4.69, 9.17) is 11.6 Å². The highest BCUT2D eigenvalue weighted by Gasteiger charge is 2.34. The van der Waals surface area contributed by atoms with E-state index in [2.05, 4.69) is 21.4 Å².